The predicted octanol–water partition coefficient (Wildman–Crippen LogP) is 6.41. The zero-order valence-electron chi connectivity index (χ0n) is 17.6. The number of thioether (sulfide) groups is 1. The van der Waals surface area contributed by atoms with Gasteiger partial charge >= 0.3 is 6.18 Å². The molecule has 2 N–H and O–H groups in total. The minimum absolute atomic E-state index is 0.294. The summed E-state index contributed by atoms with van der Waals surface area (Å²) in [6.45, 7) is 0.304. The molecule has 33 heavy (non-hydrogen) atoms. The Hall–Kier alpha value is -3.52. The molecule has 2 aromatic carbocycles. The molecular formula is C25H20F3N3OS. The summed E-state index contributed by atoms with van der Waals surface area (Å²) in [5.41, 5.74) is 3.09. The Morgan fingerprint density at radius 1 is 1.03 bits per heavy atom. The Morgan fingerprint density at radius 3 is 2.33 bits per heavy atom. The van der Waals surface area contributed by atoms with Crippen LogP contribution < -0.4 is 5.32 Å². The van der Waals surface area contributed by atoms with Gasteiger partial charge in [0.1, 0.15) is 0 Å². The molecule has 0 fully saturated rings. The highest BCUT2D eigenvalue weighted by molar-refractivity contribution is 7.98. The SMILES string of the molecule is CSc1ccc(-c2c(C(=O)NCc3cccnc3)c[nH]c2-c2ccc(C(F)(F)F)cc2)cc1. The van der Waals surface area contributed by atoms with Crippen LogP contribution in [0.3, 0.4) is 0 Å². The average molecular weight is 468 g/mol. The van der Waals surface area contributed by atoms with Crippen molar-refractivity contribution in [1.29, 1.82) is 0 Å². The Kier molecular flexibility index (Phi) is 6.55. The molecule has 4 nitrogen and oxygen atoms in total. The van der Waals surface area contributed by atoms with Crippen molar-refractivity contribution in [2.45, 2.75) is 17.6 Å². The summed E-state index contributed by atoms with van der Waals surface area (Å²) >= 11 is 1.60. The van der Waals surface area contributed by atoms with Crippen LogP contribution in [0.15, 0.2) is 84.1 Å². The average Bonchev–Trinajstić information content (AvgIpc) is 3.28. The summed E-state index contributed by atoms with van der Waals surface area (Å²) in [6.07, 6.45) is 2.47. The van der Waals surface area contributed by atoms with Crippen molar-refractivity contribution in [3.05, 3.63) is 95.9 Å². The number of hydrogen-bond acceptors (Lipinski definition) is 3. The molecule has 0 unspecified atom stereocenters. The molecule has 0 saturated carbocycles. The molecule has 4 aromatic rings. The number of aromatic nitrogens is 2. The lowest BCUT2D eigenvalue weighted by Gasteiger charge is -2.11. The van der Waals surface area contributed by atoms with Crippen LogP contribution in [0.2, 0.25) is 0 Å². The second kappa shape index (κ2) is 9.54. The number of carbonyl (C=O) groups excluding carboxylic acids is 1. The van der Waals surface area contributed by atoms with Crippen LogP contribution in [0.1, 0.15) is 21.5 Å². The molecule has 0 atom stereocenters. The maximum atomic E-state index is 13.1. The van der Waals surface area contributed by atoms with Gasteiger partial charge in [0.2, 0.25) is 0 Å². The first-order valence-corrected chi connectivity index (χ1v) is 11.3. The van der Waals surface area contributed by atoms with Crippen LogP contribution in [-0.2, 0) is 12.7 Å². The molecule has 4 rings (SSSR count). The second-order valence-electron chi connectivity index (χ2n) is 7.30. The zero-order chi connectivity index (χ0) is 23.4. The molecule has 0 bridgehead atoms. The normalized spacial score (nSPS) is 11.4. The van der Waals surface area contributed by atoms with E-state index in [-0.39, 0.29) is 5.91 Å². The summed E-state index contributed by atoms with van der Waals surface area (Å²) in [5.74, 6) is -0.294. The lowest BCUT2D eigenvalue weighted by molar-refractivity contribution is -0.137. The number of aromatic amines is 1. The smallest absolute Gasteiger partial charge is 0.360 e. The number of carbonyl (C=O) groups is 1. The molecule has 8 heteroatoms. The number of rotatable bonds is 6. The third-order valence-electron chi connectivity index (χ3n) is 5.18. The molecule has 0 radical (unpaired) electrons. The number of nitrogens with zero attached hydrogens (tertiary/aromatic N) is 1. The van der Waals surface area contributed by atoms with Crippen LogP contribution in [0.4, 0.5) is 13.2 Å². The van der Waals surface area contributed by atoms with Crippen molar-refractivity contribution >= 4 is 17.7 Å². The Bertz CT molecular complexity index is 1230. The molecular weight excluding hydrogens is 447 g/mol. The number of benzene rings is 2. The third kappa shape index (κ3) is 5.12. The van der Waals surface area contributed by atoms with Crippen molar-refractivity contribution in [2.75, 3.05) is 6.26 Å². The number of hydrogen-bond donors (Lipinski definition) is 2. The van der Waals surface area contributed by atoms with Gasteiger partial charge in [-0.25, -0.2) is 0 Å². The highest BCUT2D eigenvalue weighted by atomic mass is 32.2. The van der Waals surface area contributed by atoms with Crippen molar-refractivity contribution in [3.63, 3.8) is 0 Å². The van der Waals surface area contributed by atoms with Crippen LogP contribution in [-0.4, -0.2) is 22.1 Å². The van der Waals surface area contributed by atoms with Crippen molar-refractivity contribution in [1.82, 2.24) is 15.3 Å². The van der Waals surface area contributed by atoms with Crippen molar-refractivity contribution in [3.8, 4) is 22.4 Å². The first-order chi connectivity index (χ1) is 15.9. The fourth-order valence-electron chi connectivity index (χ4n) is 3.49. The Labute approximate surface area is 193 Å². The van der Waals surface area contributed by atoms with Gasteiger partial charge in [-0.1, -0.05) is 30.3 Å². The summed E-state index contributed by atoms with van der Waals surface area (Å²) in [7, 11) is 0. The molecule has 0 aliphatic heterocycles. The molecule has 2 heterocycles. The lowest BCUT2D eigenvalue weighted by Crippen LogP contribution is -2.23. The molecule has 1 amide bonds. The topological polar surface area (TPSA) is 57.8 Å². The highest BCUT2D eigenvalue weighted by Crippen LogP contribution is 2.37. The van der Waals surface area contributed by atoms with Crippen LogP contribution in [0.5, 0.6) is 0 Å². The Morgan fingerprint density at radius 2 is 1.73 bits per heavy atom. The number of pyridine rings is 1. The number of H-pyrrole nitrogens is 1. The molecule has 2 aromatic heterocycles. The molecule has 168 valence electrons. The van der Waals surface area contributed by atoms with E-state index in [1.54, 1.807) is 36.4 Å². The van der Waals surface area contributed by atoms with Gasteiger partial charge in [0.15, 0.2) is 0 Å². The summed E-state index contributed by atoms with van der Waals surface area (Å²) in [4.78, 5) is 21.3. The first-order valence-electron chi connectivity index (χ1n) is 10.1. The third-order valence-corrected chi connectivity index (χ3v) is 5.92. The van der Waals surface area contributed by atoms with Crippen LogP contribution in [0.25, 0.3) is 22.4 Å². The van der Waals surface area contributed by atoms with E-state index in [1.807, 2.05) is 36.6 Å². The quantitative estimate of drug-likeness (QED) is 0.322. The van der Waals surface area contributed by atoms with Gasteiger partial charge in [-0.05, 0) is 53.3 Å². The summed E-state index contributed by atoms with van der Waals surface area (Å²) < 4.78 is 39.0. The molecule has 0 aliphatic carbocycles. The van der Waals surface area contributed by atoms with E-state index < -0.39 is 11.7 Å². The predicted molar refractivity (Wildman–Crippen MR) is 124 cm³/mol. The van der Waals surface area contributed by atoms with E-state index in [0.717, 1.165) is 28.2 Å². The fraction of sp³-hybridized carbons (Fsp3) is 0.120. The van der Waals surface area contributed by atoms with Gasteiger partial charge in [-0.15, -0.1) is 11.8 Å². The number of alkyl halides is 3. The fourth-order valence-corrected chi connectivity index (χ4v) is 3.90. The largest absolute Gasteiger partial charge is 0.416 e. The zero-order valence-corrected chi connectivity index (χ0v) is 18.4. The number of nitrogens with one attached hydrogen (secondary N) is 2. The highest BCUT2D eigenvalue weighted by Gasteiger charge is 2.30. The van der Waals surface area contributed by atoms with E-state index in [1.165, 1.54) is 12.1 Å². The van der Waals surface area contributed by atoms with Gasteiger partial charge in [-0.2, -0.15) is 13.2 Å². The van der Waals surface area contributed by atoms with Gasteiger partial charge in [-0.3, -0.25) is 9.78 Å². The standard InChI is InChI=1S/C25H20F3N3OS/c1-33-20-10-6-17(7-11-20)22-21(24(32)31-14-16-3-2-12-29-13-16)15-30-23(22)18-4-8-19(9-5-18)25(26,27)28/h2-13,15,30H,14H2,1H3,(H,31,32). The number of amides is 1. The van der Waals surface area contributed by atoms with Gasteiger partial charge in [0, 0.05) is 35.6 Å². The second-order valence-corrected chi connectivity index (χ2v) is 8.18. The summed E-state index contributed by atoms with van der Waals surface area (Å²) in [6, 6.07) is 16.2. The van der Waals surface area contributed by atoms with E-state index in [9.17, 15) is 18.0 Å². The van der Waals surface area contributed by atoms with Crippen molar-refractivity contribution in [2.24, 2.45) is 0 Å². The lowest BCUT2D eigenvalue weighted by atomic mass is 9.97. The van der Waals surface area contributed by atoms with E-state index in [2.05, 4.69) is 15.3 Å². The minimum atomic E-state index is -4.41. The van der Waals surface area contributed by atoms with E-state index >= 15 is 0 Å². The Balaban J connectivity index is 1.72. The summed E-state index contributed by atoms with van der Waals surface area (Å²) in [5, 5.41) is 2.89. The molecule has 0 saturated heterocycles. The van der Waals surface area contributed by atoms with Gasteiger partial charge in [0.25, 0.3) is 5.91 Å². The van der Waals surface area contributed by atoms with Crippen molar-refractivity contribution < 1.29 is 18.0 Å². The monoisotopic (exact) mass is 467 g/mol. The van der Waals surface area contributed by atoms with E-state index in [0.29, 0.717) is 28.9 Å². The van der Waals surface area contributed by atoms with Crippen LogP contribution in [0, 0.1) is 0 Å². The van der Waals surface area contributed by atoms with E-state index in [4.69, 9.17) is 0 Å². The van der Waals surface area contributed by atoms with Gasteiger partial charge in [0.05, 0.1) is 16.8 Å². The van der Waals surface area contributed by atoms with Gasteiger partial charge < -0.3 is 10.3 Å². The minimum Gasteiger partial charge on any atom is -0.360 e. The van der Waals surface area contributed by atoms with Crippen LogP contribution >= 0.6 is 11.8 Å². The maximum Gasteiger partial charge on any atom is 0.416 e. The molecule has 0 aliphatic rings. The maximum absolute atomic E-state index is 13.1. The molecule has 0 spiro atoms. The number of halogens is 3. The first kappa shape index (κ1) is 22.7.